The second kappa shape index (κ2) is 3.94. The third kappa shape index (κ3) is 2.58. The van der Waals surface area contributed by atoms with Crippen molar-refractivity contribution in [2.75, 3.05) is 0 Å². The van der Waals surface area contributed by atoms with E-state index in [0.29, 0.717) is 12.8 Å². The van der Waals surface area contributed by atoms with E-state index < -0.39 is 5.60 Å². The van der Waals surface area contributed by atoms with Crippen molar-refractivity contribution in [3.8, 4) is 0 Å². The summed E-state index contributed by atoms with van der Waals surface area (Å²) in [6.45, 7) is 0. The topological polar surface area (TPSA) is 64.1 Å². The minimum atomic E-state index is -0.610. The lowest BCUT2D eigenvalue weighted by Crippen LogP contribution is -2.42. The van der Waals surface area contributed by atoms with Crippen LogP contribution in [0.2, 0.25) is 0 Å². The largest absolute Gasteiger partial charge is 0.389 e. The van der Waals surface area contributed by atoms with Gasteiger partial charge in [-0.1, -0.05) is 0 Å². The summed E-state index contributed by atoms with van der Waals surface area (Å²) < 4.78 is 1.77. The summed E-state index contributed by atoms with van der Waals surface area (Å²) in [6.07, 6.45) is 8.08. The van der Waals surface area contributed by atoms with Gasteiger partial charge in [0.05, 0.1) is 11.8 Å². The second-order valence-electron chi connectivity index (χ2n) is 4.78. The fourth-order valence-electron chi connectivity index (χ4n) is 2.49. The summed E-state index contributed by atoms with van der Waals surface area (Å²) in [5.41, 5.74) is 6.37. The molecule has 2 atom stereocenters. The van der Waals surface area contributed by atoms with Crippen LogP contribution in [0, 0.1) is 0 Å². The molecule has 2 unspecified atom stereocenters. The molecule has 0 bridgehead atoms. The van der Waals surface area contributed by atoms with E-state index in [0.717, 1.165) is 24.8 Å². The first-order chi connectivity index (χ1) is 7.07. The van der Waals surface area contributed by atoms with Crippen LogP contribution in [-0.4, -0.2) is 26.5 Å². The minimum Gasteiger partial charge on any atom is -0.389 e. The van der Waals surface area contributed by atoms with E-state index in [4.69, 9.17) is 5.73 Å². The van der Waals surface area contributed by atoms with Crippen LogP contribution in [0.4, 0.5) is 0 Å². The van der Waals surface area contributed by atoms with Gasteiger partial charge in [0.25, 0.3) is 0 Å². The van der Waals surface area contributed by atoms with Crippen LogP contribution in [0.25, 0.3) is 0 Å². The lowest BCUT2D eigenvalue weighted by atomic mass is 9.79. The Bertz CT molecular complexity index is 336. The molecule has 1 aromatic heterocycles. The second-order valence-corrected chi connectivity index (χ2v) is 4.78. The standard InChI is InChI=1S/C11H19N3O/c1-14-8-9(7-13-14)5-11(15)4-2-3-10(12)6-11/h7-8,10,15H,2-6,12H2,1H3. The molecule has 0 aromatic carbocycles. The minimum absolute atomic E-state index is 0.153. The van der Waals surface area contributed by atoms with Gasteiger partial charge in [0.1, 0.15) is 0 Å². The molecule has 84 valence electrons. The predicted molar refractivity (Wildman–Crippen MR) is 58.3 cm³/mol. The van der Waals surface area contributed by atoms with Crippen molar-refractivity contribution < 1.29 is 5.11 Å². The highest BCUT2D eigenvalue weighted by Crippen LogP contribution is 2.30. The number of rotatable bonds is 2. The van der Waals surface area contributed by atoms with Gasteiger partial charge in [-0.25, -0.2) is 0 Å². The van der Waals surface area contributed by atoms with Crippen molar-refractivity contribution in [3.63, 3.8) is 0 Å². The van der Waals surface area contributed by atoms with Crippen molar-refractivity contribution in [1.82, 2.24) is 9.78 Å². The Labute approximate surface area is 90.1 Å². The van der Waals surface area contributed by atoms with E-state index in [9.17, 15) is 5.11 Å². The molecule has 0 radical (unpaired) electrons. The smallest absolute Gasteiger partial charge is 0.0703 e. The molecule has 3 N–H and O–H groups in total. The number of nitrogens with zero attached hydrogens (tertiary/aromatic N) is 2. The Morgan fingerprint density at radius 3 is 3.13 bits per heavy atom. The average Bonchev–Trinajstić information content (AvgIpc) is 2.49. The zero-order valence-corrected chi connectivity index (χ0v) is 9.19. The van der Waals surface area contributed by atoms with Gasteiger partial charge in [0.2, 0.25) is 0 Å². The first-order valence-corrected chi connectivity index (χ1v) is 5.53. The molecule has 1 heterocycles. The highest BCUT2D eigenvalue weighted by molar-refractivity contribution is 5.09. The molecule has 15 heavy (non-hydrogen) atoms. The summed E-state index contributed by atoms with van der Waals surface area (Å²) in [4.78, 5) is 0. The summed E-state index contributed by atoms with van der Waals surface area (Å²) in [6, 6.07) is 0.153. The maximum absolute atomic E-state index is 10.4. The molecule has 1 fully saturated rings. The van der Waals surface area contributed by atoms with Crippen LogP contribution < -0.4 is 5.73 Å². The van der Waals surface area contributed by atoms with Gasteiger partial charge in [-0.15, -0.1) is 0 Å². The predicted octanol–water partition coefficient (Wildman–Crippen LogP) is 0.595. The number of aryl methyl sites for hydroxylation is 1. The number of aliphatic hydroxyl groups is 1. The molecule has 0 saturated heterocycles. The number of hydrogen-bond donors (Lipinski definition) is 2. The number of nitrogens with two attached hydrogens (primary N) is 1. The van der Waals surface area contributed by atoms with Gasteiger partial charge >= 0.3 is 0 Å². The molecule has 4 heteroatoms. The molecule has 0 spiro atoms. The molecule has 4 nitrogen and oxygen atoms in total. The van der Waals surface area contributed by atoms with E-state index in [1.807, 2.05) is 19.4 Å². The molecule has 1 aromatic rings. The summed E-state index contributed by atoms with van der Waals surface area (Å²) in [5.74, 6) is 0. The van der Waals surface area contributed by atoms with E-state index in [-0.39, 0.29) is 6.04 Å². The third-order valence-corrected chi connectivity index (χ3v) is 3.15. The van der Waals surface area contributed by atoms with Crippen LogP contribution in [0.15, 0.2) is 12.4 Å². The lowest BCUT2D eigenvalue weighted by molar-refractivity contribution is -0.00191. The summed E-state index contributed by atoms with van der Waals surface area (Å²) in [5, 5.41) is 14.5. The van der Waals surface area contributed by atoms with Crippen molar-refractivity contribution in [2.45, 2.75) is 43.7 Å². The van der Waals surface area contributed by atoms with Crippen LogP contribution in [0.3, 0.4) is 0 Å². The third-order valence-electron chi connectivity index (χ3n) is 3.15. The number of hydrogen-bond acceptors (Lipinski definition) is 3. The lowest BCUT2D eigenvalue weighted by Gasteiger charge is -2.35. The van der Waals surface area contributed by atoms with E-state index in [2.05, 4.69) is 5.10 Å². The quantitative estimate of drug-likeness (QED) is 0.749. The van der Waals surface area contributed by atoms with Crippen molar-refractivity contribution >= 4 is 0 Å². The van der Waals surface area contributed by atoms with E-state index >= 15 is 0 Å². The Morgan fingerprint density at radius 1 is 1.73 bits per heavy atom. The van der Waals surface area contributed by atoms with Gasteiger partial charge in [-0.05, 0) is 31.2 Å². The van der Waals surface area contributed by atoms with Gasteiger partial charge < -0.3 is 10.8 Å². The summed E-state index contributed by atoms with van der Waals surface area (Å²) >= 11 is 0. The fourth-order valence-corrected chi connectivity index (χ4v) is 2.49. The maximum Gasteiger partial charge on any atom is 0.0703 e. The Morgan fingerprint density at radius 2 is 2.53 bits per heavy atom. The number of aromatic nitrogens is 2. The molecule has 0 aliphatic heterocycles. The van der Waals surface area contributed by atoms with Crippen LogP contribution in [0.5, 0.6) is 0 Å². The van der Waals surface area contributed by atoms with Gasteiger partial charge in [-0.3, -0.25) is 4.68 Å². The highest BCUT2D eigenvalue weighted by Gasteiger charge is 2.33. The first-order valence-electron chi connectivity index (χ1n) is 5.53. The normalized spacial score (nSPS) is 31.8. The molecular formula is C11H19N3O. The Hall–Kier alpha value is -0.870. The van der Waals surface area contributed by atoms with Crippen LogP contribution >= 0.6 is 0 Å². The Kier molecular flexibility index (Phi) is 2.80. The van der Waals surface area contributed by atoms with E-state index in [1.54, 1.807) is 4.68 Å². The van der Waals surface area contributed by atoms with E-state index in [1.165, 1.54) is 0 Å². The van der Waals surface area contributed by atoms with Gasteiger partial charge in [0, 0.05) is 25.7 Å². The average molecular weight is 209 g/mol. The zero-order valence-electron chi connectivity index (χ0n) is 9.19. The van der Waals surface area contributed by atoms with Crippen molar-refractivity contribution in [1.29, 1.82) is 0 Å². The SMILES string of the molecule is Cn1cc(CC2(O)CCCC(N)C2)cn1. The van der Waals surface area contributed by atoms with Gasteiger partial charge in [-0.2, -0.15) is 5.10 Å². The molecule has 1 aliphatic carbocycles. The highest BCUT2D eigenvalue weighted by atomic mass is 16.3. The monoisotopic (exact) mass is 209 g/mol. The molecule has 0 amide bonds. The van der Waals surface area contributed by atoms with Gasteiger partial charge in [0.15, 0.2) is 0 Å². The summed E-state index contributed by atoms with van der Waals surface area (Å²) in [7, 11) is 1.89. The van der Waals surface area contributed by atoms with Crippen molar-refractivity contribution in [3.05, 3.63) is 18.0 Å². The van der Waals surface area contributed by atoms with Crippen molar-refractivity contribution in [2.24, 2.45) is 12.8 Å². The fraction of sp³-hybridized carbons (Fsp3) is 0.727. The molecule has 1 saturated carbocycles. The van der Waals surface area contributed by atoms with Crippen LogP contribution in [0.1, 0.15) is 31.2 Å². The molecular weight excluding hydrogens is 190 g/mol. The first kappa shape index (κ1) is 10.6. The Balaban J connectivity index is 2.03. The maximum atomic E-state index is 10.4. The van der Waals surface area contributed by atoms with Crippen LogP contribution in [-0.2, 0) is 13.5 Å². The molecule has 1 aliphatic rings. The molecule has 2 rings (SSSR count). The zero-order chi connectivity index (χ0) is 10.9.